The van der Waals surface area contributed by atoms with Gasteiger partial charge in [0.2, 0.25) is 0 Å². The number of hydrogen-bond acceptors (Lipinski definition) is 1. The fourth-order valence-corrected chi connectivity index (χ4v) is 4.58. The molecule has 1 aliphatic rings. The summed E-state index contributed by atoms with van der Waals surface area (Å²) in [7, 11) is 0. The highest BCUT2D eigenvalue weighted by atomic mass is 16.5. The molecule has 0 heterocycles. The number of rotatable bonds is 12. The summed E-state index contributed by atoms with van der Waals surface area (Å²) in [6.45, 7) is 5.39. The average molecular weight is 393 g/mol. The molecule has 0 fully saturated rings. The van der Waals surface area contributed by atoms with Crippen LogP contribution in [0.25, 0.3) is 11.1 Å². The Labute approximate surface area is 178 Å². The van der Waals surface area contributed by atoms with Gasteiger partial charge in [-0.1, -0.05) is 95.5 Å². The first-order valence-electron chi connectivity index (χ1n) is 12.1. The van der Waals surface area contributed by atoms with Crippen molar-refractivity contribution in [1.29, 1.82) is 0 Å². The zero-order chi connectivity index (χ0) is 20.3. The molecule has 29 heavy (non-hydrogen) atoms. The maximum Gasteiger partial charge on any atom is 0.119 e. The van der Waals surface area contributed by atoms with Gasteiger partial charge in [-0.15, -0.1) is 0 Å². The Balaban J connectivity index is 1.51. The van der Waals surface area contributed by atoms with Gasteiger partial charge < -0.3 is 4.74 Å². The molecular formula is C28H40O. The van der Waals surface area contributed by atoms with E-state index < -0.39 is 0 Å². The van der Waals surface area contributed by atoms with Gasteiger partial charge in [0.25, 0.3) is 0 Å². The highest BCUT2D eigenvalue weighted by molar-refractivity contribution is 5.66. The first-order valence-corrected chi connectivity index (χ1v) is 12.1. The van der Waals surface area contributed by atoms with Crippen LogP contribution in [0, 0.1) is 5.92 Å². The second kappa shape index (κ2) is 12.1. The lowest BCUT2D eigenvalue weighted by atomic mass is 9.80. The SMILES string of the molecule is CCCCCCCOc1ccc(-c2ccc3c(c2)CCC(CCCCC)C3)cc1. The third kappa shape index (κ3) is 6.91. The van der Waals surface area contributed by atoms with Crippen LogP contribution in [0.15, 0.2) is 42.5 Å². The minimum Gasteiger partial charge on any atom is -0.494 e. The van der Waals surface area contributed by atoms with Crippen LogP contribution in [0.3, 0.4) is 0 Å². The Morgan fingerprint density at radius 1 is 0.759 bits per heavy atom. The summed E-state index contributed by atoms with van der Waals surface area (Å²) in [5, 5.41) is 0. The molecule has 0 amide bonds. The molecule has 1 heteroatoms. The number of aryl methyl sites for hydroxylation is 1. The summed E-state index contributed by atoms with van der Waals surface area (Å²) in [6, 6.07) is 15.8. The molecule has 2 aromatic carbocycles. The van der Waals surface area contributed by atoms with E-state index in [4.69, 9.17) is 4.74 Å². The highest BCUT2D eigenvalue weighted by Crippen LogP contribution is 2.32. The second-order valence-electron chi connectivity index (χ2n) is 8.88. The molecule has 0 bridgehead atoms. The van der Waals surface area contributed by atoms with Gasteiger partial charge in [-0.05, 0) is 66.0 Å². The van der Waals surface area contributed by atoms with Crippen LogP contribution in [-0.4, -0.2) is 6.61 Å². The Hall–Kier alpha value is -1.76. The zero-order valence-corrected chi connectivity index (χ0v) is 18.7. The lowest BCUT2D eigenvalue weighted by molar-refractivity contribution is 0.304. The first kappa shape index (κ1) is 21.9. The topological polar surface area (TPSA) is 9.23 Å². The Morgan fingerprint density at radius 2 is 1.48 bits per heavy atom. The van der Waals surface area contributed by atoms with Crippen molar-refractivity contribution in [1.82, 2.24) is 0 Å². The Morgan fingerprint density at radius 3 is 2.28 bits per heavy atom. The number of ether oxygens (including phenoxy) is 1. The van der Waals surface area contributed by atoms with Crippen molar-refractivity contribution in [2.45, 2.75) is 90.9 Å². The molecule has 0 saturated heterocycles. The van der Waals surface area contributed by atoms with E-state index in [1.807, 2.05) is 0 Å². The molecule has 1 nitrogen and oxygen atoms in total. The lowest BCUT2D eigenvalue weighted by Crippen LogP contribution is -2.14. The second-order valence-corrected chi connectivity index (χ2v) is 8.88. The number of unbranched alkanes of at least 4 members (excludes halogenated alkanes) is 6. The molecule has 1 atom stereocenters. The smallest absolute Gasteiger partial charge is 0.119 e. The normalized spacial score (nSPS) is 15.9. The molecule has 0 saturated carbocycles. The van der Waals surface area contributed by atoms with Crippen LogP contribution < -0.4 is 4.74 Å². The van der Waals surface area contributed by atoms with Crippen LogP contribution >= 0.6 is 0 Å². The molecule has 1 aliphatic carbocycles. The van der Waals surface area contributed by atoms with Crippen LogP contribution in [0.2, 0.25) is 0 Å². The van der Waals surface area contributed by atoms with Gasteiger partial charge in [0, 0.05) is 0 Å². The predicted octanol–water partition coefficient (Wildman–Crippen LogP) is 8.39. The quantitative estimate of drug-likeness (QED) is 0.329. The van der Waals surface area contributed by atoms with Crippen molar-refractivity contribution in [2.24, 2.45) is 5.92 Å². The molecular weight excluding hydrogens is 352 g/mol. The largest absolute Gasteiger partial charge is 0.494 e. The van der Waals surface area contributed by atoms with Gasteiger partial charge in [-0.2, -0.15) is 0 Å². The predicted molar refractivity (Wildman–Crippen MR) is 126 cm³/mol. The van der Waals surface area contributed by atoms with Gasteiger partial charge in [0.05, 0.1) is 6.61 Å². The third-order valence-electron chi connectivity index (χ3n) is 6.46. The molecule has 0 radical (unpaired) electrons. The molecule has 0 aromatic heterocycles. The fraction of sp³-hybridized carbons (Fsp3) is 0.571. The Kier molecular flexibility index (Phi) is 9.12. The van der Waals surface area contributed by atoms with E-state index >= 15 is 0 Å². The van der Waals surface area contributed by atoms with Crippen molar-refractivity contribution in [3.63, 3.8) is 0 Å². The van der Waals surface area contributed by atoms with Crippen molar-refractivity contribution in [3.8, 4) is 16.9 Å². The summed E-state index contributed by atoms with van der Waals surface area (Å²) >= 11 is 0. The molecule has 3 rings (SSSR count). The average Bonchev–Trinajstić information content (AvgIpc) is 2.76. The van der Waals surface area contributed by atoms with Crippen LogP contribution in [0.5, 0.6) is 5.75 Å². The molecule has 158 valence electrons. The van der Waals surface area contributed by atoms with E-state index in [9.17, 15) is 0 Å². The molecule has 0 aliphatic heterocycles. The first-order chi connectivity index (χ1) is 14.3. The van der Waals surface area contributed by atoms with E-state index in [2.05, 4.69) is 56.3 Å². The minimum absolute atomic E-state index is 0.835. The monoisotopic (exact) mass is 392 g/mol. The van der Waals surface area contributed by atoms with E-state index in [1.54, 1.807) is 11.1 Å². The summed E-state index contributed by atoms with van der Waals surface area (Å²) in [5.74, 6) is 1.90. The molecule has 0 N–H and O–H groups in total. The van der Waals surface area contributed by atoms with Crippen molar-refractivity contribution >= 4 is 0 Å². The van der Waals surface area contributed by atoms with E-state index in [1.165, 1.54) is 81.8 Å². The molecule has 0 spiro atoms. The highest BCUT2D eigenvalue weighted by Gasteiger charge is 2.18. The maximum absolute atomic E-state index is 5.92. The zero-order valence-electron chi connectivity index (χ0n) is 18.7. The molecule has 1 unspecified atom stereocenters. The number of fused-ring (bicyclic) bond motifs is 1. The van der Waals surface area contributed by atoms with Crippen LogP contribution in [-0.2, 0) is 12.8 Å². The summed E-state index contributed by atoms with van der Waals surface area (Å²) in [4.78, 5) is 0. The maximum atomic E-state index is 5.92. The van der Waals surface area contributed by atoms with Gasteiger partial charge in [0.1, 0.15) is 5.75 Å². The lowest BCUT2D eigenvalue weighted by Gasteiger charge is -2.25. The van der Waals surface area contributed by atoms with Crippen molar-refractivity contribution in [2.75, 3.05) is 6.61 Å². The van der Waals surface area contributed by atoms with Gasteiger partial charge in [-0.25, -0.2) is 0 Å². The summed E-state index contributed by atoms with van der Waals surface area (Å²) in [5.41, 5.74) is 5.80. The summed E-state index contributed by atoms with van der Waals surface area (Å²) in [6.07, 6.45) is 15.8. The van der Waals surface area contributed by atoms with E-state index in [-0.39, 0.29) is 0 Å². The van der Waals surface area contributed by atoms with Crippen molar-refractivity contribution < 1.29 is 4.74 Å². The van der Waals surface area contributed by atoms with E-state index in [0.717, 1.165) is 24.7 Å². The number of benzene rings is 2. The van der Waals surface area contributed by atoms with E-state index in [0.29, 0.717) is 0 Å². The van der Waals surface area contributed by atoms with Crippen LogP contribution in [0.1, 0.15) is 89.2 Å². The third-order valence-corrected chi connectivity index (χ3v) is 6.46. The molecule has 2 aromatic rings. The Bertz CT molecular complexity index is 716. The standard InChI is InChI=1S/C28H40O/c1-3-5-7-8-10-20-29-28-18-16-24(17-19-28)26-15-14-25-21-23(11-9-6-4-2)12-13-27(25)22-26/h14-19,22-23H,3-13,20-21H2,1-2H3. The summed E-state index contributed by atoms with van der Waals surface area (Å²) < 4.78 is 5.92. The van der Waals surface area contributed by atoms with Gasteiger partial charge in [-0.3, -0.25) is 0 Å². The van der Waals surface area contributed by atoms with Crippen LogP contribution in [0.4, 0.5) is 0 Å². The minimum atomic E-state index is 0.835. The van der Waals surface area contributed by atoms with Crippen molar-refractivity contribution in [3.05, 3.63) is 53.6 Å². The fourth-order valence-electron chi connectivity index (χ4n) is 4.58. The van der Waals surface area contributed by atoms with Gasteiger partial charge >= 0.3 is 0 Å². The van der Waals surface area contributed by atoms with Gasteiger partial charge in [0.15, 0.2) is 0 Å². The number of hydrogen-bond donors (Lipinski definition) is 0.